The van der Waals surface area contributed by atoms with Crippen molar-refractivity contribution >= 4 is 39.9 Å². The molecule has 0 saturated heterocycles. The van der Waals surface area contributed by atoms with Crippen molar-refractivity contribution < 1.29 is 0 Å². The quantitative estimate of drug-likeness (QED) is 0.594. The largest absolute Gasteiger partial charge is 0.381 e. The van der Waals surface area contributed by atoms with Crippen molar-refractivity contribution in [3.63, 3.8) is 0 Å². The predicted octanol–water partition coefficient (Wildman–Crippen LogP) is 4.68. The van der Waals surface area contributed by atoms with E-state index in [1.807, 2.05) is 0 Å². The van der Waals surface area contributed by atoms with Gasteiger partial charge in [-0.1, -0.05) is 24.3 Å². The molecule has 0 aliphatic heterocycles. The third kappa shape index (κ3) is 4.18. The van der Waals surface area contributed by atoms with Crippen molar-refractivity contribution in [3.8, 4) is 0 Å². The SMILES string of the molecule is ClCCc1ccc(NCc2ccc(I)cc2)cc1. The molecule has 1 nitrogen and oxygen atoms in total. The lowest BCUT2D eigenvalue weighted by Gasteiger charge is -2.07. The first-order valence-electron chi connectivity index (χ1n) is 5.91. The summed E-state index contributed by atoms with van der Waals surface area (Å²) in [6, 6.07) is 17.0. The highest BCUT2D eigenvalue weighted by Gasteiger charge is 1.96. The monoisotopic (exact) mass is 371 g/mol. The molecule has 0 radical (unpaired) electrons. The summed E-state index contributed by atoms with van der Waals surface area (Å²) >= 11 is 8.03. The van der Waals surface area contributed by atoms with Crippen molar-refractivity contribution in [1.82, 2.24) is 0 Å². The van der Waals surface area contributed by atoms with Gasteiger partial charge in [0.1, 0.15) is 0 Å². The molecule has 94 valence electrons. The van der Waals surface area contributed by atoms with Crippen LogP contribution in [-0.2, 0) is 13.0 Å². The Kier molecular flexibility index (Phi) is 5.32. The Labute approximate surface area is 127 Å². The first kappa shape index (κ1) is 13.7. The number of hydrogen-bond acceptors (Lipinski definition) is 1. The zero-order valence-corrected chi connectivity index (χ0v) is 12.9. The lowest BCUT2D eigenvalue weighted by molar-refractivity contribution is 1.13. The van der Waals surface area contributed by atoms with Crippen LogP contribution in [0.5, 0.6) is 0 Å². The van der Waals surface area contributed by atoms with Gasteiger partial charge in [0.05, 0.1) is 0 Å². The van der Waals surface area contributed by atoms with Crippen LogP contribution in [0.15, 0.2) is 48.5 Å². The summed E-state index contributed by atoms with van der Waals surface area (Å²) in [6.45, 7) is 0.853. The van der Waals surface area contributed by atoms with Crippen molar-refractivity contribution in [2.24, 2.45) is 0 Å². The van der Waals surface area contributed by atoms with Gasteiger partial charge in [-0.05, 0) is 64.4 Å². The smallest absolute Gasteiger partial charge is 0.0400 e. The van der Waals surface area contributed by atoms with Gasteiger partial charge in [0.15, 0.2) is 0 Å². The highest BCUT2D eigenvalue weighted by atomic mass is 127. The minimum absolute atomic E-state index is 0.676. The Morgan fingerprint density at radius 2 is 1.50 bits per heavy atom. The van der Waals surface area contributed by atoms with Crippen LogP contribution in [-0.4, -0.2) is 5.88 Å². The molecule has 2 aromatic rings. The van der Waals surface area contributed by atoms with E-state index in [1.165, 1.54) is 14.7 Å². The van der Waals surface area contributed by atoms with Gasteiger partial charge in [0.2, 0.25) is 0 Å². The highest BCUT2D eigenvalue weighted by Crippen LogP contribution is 2.13. The average molecular weight is 372 g/mol. The number of alkyl halides is 1. The first-order valence-corrected chi connectivity index (χ1v) is 7.52. The van der Waals surface area contributed by atoms with Crippen LogP contribution in [0.3, 0.4) is 0 Å². The van der Waals surface area contributed by atoms with Gasteiger partial charge < -0.3 is 5.32 Å². The van der Waals surface area contributed by atoms with Crippen molar-refractivity contribution in [1.29, 1.82) is 0 Å². The molecule has 0 spiro atoms. The Morgan fingerprint density at radius 3 is 2.11 bits per heavy atom. The fraction of sp³-hybridized carbons (Fsp3) is 0.200. The summed E-state index contributed by atoms with van der Waals surface area (Å²) in [5.74, 6) is 0.676. The standard InChI is InChI=1S/C15H15ClIN/c16-10-9-12-3-7-15(8-4-12)18-11-13-1-5-14(17)6-2-13/h1-8,18H,9-11H2. The number of nitrogens with one attached hydrogen (secondary N) is 1. The summed E-state index contributed by atoms with van der Waals surface area (Å²) in [6.07, 6.45) is 0.930. The van der Waals surface area contributed by atoms with Gasteiger partial charge in [-0.3, -0.25) is 0 Å². The van der Waals surface area contributed by atoms with Crippen LogP contribution in [0.25, 0.3) is 0 Å². The minimum Gasteiger partial charge on any atom is -0.381 e. The summed E-state index contributed by atoms with van der Waals surface area (Å²) in [7, 11) is 0. The molecule has 2 rings (SSSR count). The van der Waals surface area contributed by atoms with Crippen LogP contribution in [0, 0.1) is 3.57 Å². The molecule has 0 unspecified atom stereocenters. The van der Waals surface area contributed by atoms with Crippen LogP contribution in [0.2, 0.25) is 0 Å². The van der Waals surface area contributed by atoms with E-state index in [2.05, 4.69) is 76.4 Å². The number of anilines is 1. The van der Waals surface area contributed by atoms with Crippen LogP contribution in [0.1, 0.15) is 11.1 Å². The van der Waals surface area contributed by atoms with E-state index in [9.17, 15) is 0 Å². The maximum Gasteiger partial charge on any atom is 0.0400 e. The molecule has 0 atom stereocenters. The maximum absolute atomic E-state index is 5.71. The van der Waals surface area contributed by atoms with E-state index in [4.69, 9.17) is 11.6 Å². The van der Waals surface area contributed by atoms with E-state index in [-0.39, 0.29) is 0 Å². The maximum atomic E-state index is 5.71. The molecule has 0 aliphatic carbocycles. The van der Waals surface area contributed by atoms with Gasteiger partial charge >= 0.3 is 0 Å². The second kappa shape index (κ2) is 7.00. The number of halogens is 2. The third-order valence-electron chi connectivity index (χ3n) is 2.75. The van der Waals surface area contributed by atoms with E-state index >= 15 is 0 Å². The lowest BCUT2D eigenvalue weighted by atomic mass is 10.1. The molecule has 0 fully saturated rings. The van der Waals surface area contributed by atoms with Crippen LogP contribution in [0.4, 0.5) is 5.69 Å². The molecule has 1 N–H and O–H groups in total. The Hall–Kier alpha value is -0.740. The third-order valence-corrected chi connectivity index (χ3v) is 3.66. The first-order chi connectivity index (χ1) is 8.78. The van der Waals surface area contributed by atoms with E-state index in [1.54, 1.807) is 0 Å². The summed E-state index contributed by atoms with van der Waals surface area (Å²) in [5.41, 5.74) is 3.72. The minimum atomic E-state index is 0.676. The molecule has 18 heavy (non-hydrogen) atoms. The zero-order chi connectivity index (χ0) is 12.8. The van der Waals surface area contributed by atoms with Gasteiger partial charge in [-0.2, -0.15) is 0 Å². The second-order valence-corrected chi connectivity index (χ2v) is 5.74. The van der Waals surface area contributed by atoms with E-state index in [0.717, 1.165) is 18.7 Å². The Morgan fingerprint density at radius 1 is 0.889 bits per heavy atom. The number of rotatable bonds is 5. The molecule has 0 heterocycles. The molecule has 0 saturated carbocycles. The highest BCUT2D eigenvalue weighted by molar-refractivity contribution is 14.1. The topological polar surface area (TPSA) is 12.0 Å². The van der Waals surface area contributed by atoms with E-state index in [0.29, 0.717) is 5.88 Å². The van der Waals surface area contributed by atoms with Crippen molar-refractivity contribution in [3.05, 3.63) is 63.2 Å². The van der Waals surface area contributed by atoms with Crippen molar-refractivity contribution in [2.75, 3.05) is 11.2 Å². The Bertz CT molecular complexity index is 479. The molecule has 3 heteroatoms. The fourth-order valence-electron chi connectivity index (χ4n) is 1.70. The normalized spacial score (nSPS) is 10.3. The number of hydrogen-bond donors (Lipinski definition) is 1. The van der Waals surface area contributed by atoms with Crippen molar-refractivity contribution in [2.45, 2.75) is 13.0 Å². The van der Waals surface area contributed by atoms with Crippen LogP contribution >= 0.6 is 34.2 Å². The van der Waals surface area contributed by atoms with Gasteiger partial charge in [0, 0.05) is 21.7 Å². The number of benzene rings is 2. The zero-order valence-electron chi connectivity index (χ0n) is 10.00. The number of aryl methyl sites for hydroxylation is 1. The molecular weight excluding hydrogens is 357 g/mol. The molecular formula is C15H15ClIN. The predicted molar refractivity (Wildman–Crippen MR) is 87.4 cm³/mol. The average Bonchev–Trinajstić information content (AvgIpc) is 2.40. The van der Waals surface area contributed by atoms with Gasteiger partial charge in [-0.25, -0.2) is 0 Å². The second-order valence-electron chi connectivity index (χ2n) is 4.12. The summed E-state index contributed by atoms with van der Waals surface area (Å²) < 4.78 is 1.27. The summed E-state index contributed by atoms with van der Waals surface area (Å²) in [5, 5.41) is 3.41. The fourth-order valence-corrected chi connectivity index (χ4v) is 2.28. The van der Waals surface area contributed by atoms with Gasteiger partial charge in [-0.15, -0.1) is 11.6 Å². The molecule has 0 amide bonds. The lowest BCUT2D eigenvalue weighted by Crippen LogP contribution is -1.99. The van der Waals surface area contributed by atoms with Crippen LogP contribution < -0.4 is 5.32 Å². The summed E-state index contributed by atoms with van der Waals surface area (Å²) in [4.78, 5) is 0. The Balaban J connectivity index is 1.91. The van der Waals surface area contributed by atoms with E-state index < -0.39 is 0 Å². The molecule has 0 aliphatic rings. The molecule has 0 aromatic heterocycles. The molecule has 0 bridgehead atoms. The van der Waals surface area contributed by atoms with Gasteiger partial charge in [0.25, 0.3) is 0 Å². The molecule has 2 aromatic carbocycles.